The van der Waals surface area contributed by atoms with Crippen LogP contribution in [0.15, 0.2) is 41.4 Å². The number of nitrogens with zero attached hydrogens (tertiary/aromatic N) is 3. The van der Waals surface area contributed by atoms with Gasteiger partial charge in [0.05, 0.1) is 14.2 Å². The first-order valence-corrected chi connectivity index (χ1v) is 11.0. The number of aromatic hydroxyl groups is 1. The number of phenols is 1. The molecule has 0 unspecified atom stereocenters. The van der Waals surface area contributed by atoms with Crippen molar-refractivity contribution in [3.05, 3.63) is 53.3 Å². The van der Waals surface area contributed by atoms with Crippen LogP contribution < -0.4 is 14.8 Å². The van der Waals surface area contributed by atoms with Gasteiger partial charge < -0.3 is 24.8 Å². The molecule has 1 heterocycles. The number of rotatable bonds is 8. The lowest BCUT2D eigenvalue weighted by Crippen LogP contribution is -2.52. The van der Waals surface area contributed by atoms with E-state index in [9.17, 15) is 9.50 Å². The predicted molar refractivity (Wildman–Crippen MR) is 140 cm³/mol. The van der Waals surface area contributed by atoms with E-state index in [4.69, 9.17) is 14.5 Å². The van der Waals surface area contributed by atoms with E-state index in [0.717, 1.165) is 56.2 Å². The second-order valence-corrected chi connectivity index (χ2v) is 7.72. The quantitative estimate of drug-likeness (QED) is 0.287. The van der Waals surface area contributed by atoms with Crippen molar-refractivity contribution in [2.24, 2.45) is 4.99 Å². The number of hydrogen-bond donors (Lipinski definition) is 2. The Hall–Kier alpha value is -2.27. The van der Waals surface area contributed by atoms with Crippen molar-refractivity contribution in [1.29, 1.82) is 0 Å². The van der Waals surface area contributed by atoms with Gasteiger partial charge in [0.1, 0.15) is 0 Å². The highest BCUT2D eigenvalue weighted by Crippen LogP contribution is 2.26. The van der Waals surface area contributed by atoms with E-state index < -0.39 is 0 Å². The number of methoxy groups -OCH3 is 2. The third-order valence-corrected chi connectivity index (χ3v) is 5.54. The molecule has 0 saturated carbocycles. The zero-order valence-electron chi connectivity index (χ0n) is 19.5. The lowest BCUT2D eigenvalue weighted by Gasteiger charge is -2.36. The summed E-state index contributed by atoms with van der Waals surface area (Å²) < 4.78 is 24.1. The molecule has 2 aromatic carbocycles. The Morgan fingerprint density at radius 1 is 1.03 bits per heavy atom. The van der Waals surface area contributed by atoms with Gasteiger partial charge in [0.2, 0.25) is 0 Å². The third-order valence-electron chi connectivity index (χ3n) is 5.54. The molecule has 0 radical (unpaired) electrons. The van der Waals surface area contributed by atoms with Gasteiger partial charge in [0.25, 0.3) is 0 Å². The minimum Gasteiger partial charge on any atom is -0.504 e. The van der Waals surface area contributed by atoms with E-state index in [1.807, 2.05) is 18.2 Å². The van der Waals surface area contributed by atoms with E-state index in [2.05, 4.69) is 22.0 Å². The lowest BCUT2D eigenvalue weighted by molar-refractivity contribution is 0.172. The molecular formula is C24H34FIN4O3. The fraction of sp³-hybridized carbons (Fsp3) is 0.458. The number of aliphatic imine (C=N–C) groups is 1. The molecule has 0 atom stereocenters. The Morgan fingerprint density at radius 2 is 1.73 bits per heavy atom. The molecule has 2 aromatic rings. The minimum atomic E-state index is -0.323. The number of halogens is 2. The lowest BCUT2D eigenvalue weighted by atomic mass is 10.1. The number of guanidine groups is 1. The van der Waals surface area contributed by atoms with Crippen LogP contribution in [0.3, 0.4) is 0 Å². The summed E-state index contributed by atoms with van der Waals surface area (Å²) in [6.07, 6.45) is 0.758. The summed E-state index contributed by atoms with van der Waals surface area (Å²) in [6.45, 7) is 7.70. The standard InChI is InChI=1S/C24H33FN4O3.HI/c1-4-26-24(27-10-9-18-5-7-21(30)23(16-18)32-3)29-13-11-28(12-14-29)17-19-6-8-22(31-2)20(25)15-19;/h5-8,15-16,30H,4,9-14,17H2,1-3H3,(H,26,27);1H. The van der Waals surface area contributed by atoms with Gasteiger partial charge in [0.15, 0.2) is 29.0 Å². The Kier molecular flexibility index (Phi) is 11.0. The van der Waals surface area contributed by atoms with Crippen LogP contribution in [0.2, 0.25) is 0 Å². The number of piperazine rings is 1. The maximum absolute atomic E-state index is 14.0. The average Bonchev–Trinajstić information content (AvgIpc) is 2.80. The van der Waals surface area contributed by atoms with E-state index in [1.54, 1.807) is 25.3 Å². The van der Waals surface area contributed by atoms with Crippen LogP contribution in [-0.4, -0.2) is 74.4 Å². The molecule has 1 aliphatic rings. The Bertz CT molecular complexity index is 921. The van der Waals surface area contributed by atoms with Crippen LogP contribution in [0.4, 0.5) is 4.39 Å². The molecule has 0 spiro atoms. The molecule has 0 bridgehead atoms. The minimum absolute atomic E-state index is 0. The van der Waals surface area contributed by atoms with Gasteiger partial charge in [-0.05, 0) is 48.7 Å². The summed E-state index contributed by atoms with van der Waals surface area (Å²) >= 11 is 0. The molecule has 7 nitrogen and oxygen atoms in total. The van der Waals surface area contributed by atoms with Gasteiger partial charge in [-0.2, -0.15) is 0 Å². The molecule has 33 heavy (non-hydrogen) atoms. The largest absolute Gasteiger partial charge is 0.504 e. The molecule has 0 amide bonds. The zero-order valence-corrected chi connectivity index (χ0v) is 21.8. The number of benzene rings is 2. The first kappa shape index (κ1) is 27.0. The molecule has 0 aliphatic carbocycles. The summed E-state index contributed by atoms with van der Waals surface area (Å²) in [5.41, 5.74) is 2.01. The highest BCUT2D eigenvalue weighted by Gasteiger charge is 2.20. The molecule has 9 heteroatoms. The Labute approximate surface area is 212 Å². The number of ether oxygens (including phenoxy) is 2. The van der Waals surface area contributed by atoms with Crippen LogP contribution in [0.25, 0.3) is 0 Å². The van der Waals surface area contributed by atoms with Crippen molar-refractivity contribution >= 4 is 29.9 Å². The molecule has 182 valence electrons. The molecular weight excluding hydrogens is 538 g/mol. The van der Waals surface area contributed by atoms with Gasteiger partial charge in [-0.15, -0.1) is 24.0 Å². The van der Waals surface area contributed by atoms with E-state index in [0.29, 0.717) is 18.8 Å². The number of nitrogens with one attached hydrogen (secondary N) is 1. The van der Waals surface area contributed by atoms with E-state index >= 15 is 0 Å². The fourth-order valence-corrected chi connectivity index (χ4v) is 3.78. The smallest absolute Gasteiger partial charge is 0.194 e. The van der Waals surface area contributed by atoms with Crippen molar-refractivity contribution in [1.82, 2.24) is 15.1 Å². The van der Waals surface area contributed by atoms with Crippen molar-refractivity contribution in [3.8, 4) is 17.2 Å². The van der Waals surface area contributed by atoms with Gasteiger partial charge in [0, 0.05) is 45.8 Å². The first-order valence-electron chi connectivity index (χ1n) is 11.0. The zero-order chi connectivity index (χ0) is 22.9. The number of phenolic OH excluding ortho intramolecular Hbond substituents is 1. The summed E-state index contributed by atoms with van der Waals surface area (Å²) in [7, 11) is 3.02. The summed E-state index contributed by atoms with van der Waals surface area (Å²) in [5.74, 6) is 1.48. The maximum Gasteiger partial charge on any atom is 0.194 e. The molecule has 0 aromatic heterocycles. The van der Waals surface area contributed by atoms with Crippen molar-refractivity contribution in [3.63, 3.8) is 0 Å². The van der Waals surface area contributed by atoms with Crippen LogP contribution >= 0.6 is 24.0 Å². The van der Waals surface area contributed by atoms with Crippen molar-refractivity contribution < 1.29 is 19.0 Å². The van der Waals surface area contributed by atoms with Crippen LogP contribution in [0, 0.1) is 5.82 Å². The van der Waals surface area contributed by atoms with Crippen molar-refractivity contribution in [2.75, 3.05) is 53.5 Å². The SMILES string of the molecule is CCNC(=NCCc1ccc(O)c(OC)c1)N1CCN(Cc2ccc(OC)c(F)c2)CC1.I. The van der Waals surface area contributed by atoms with Crippen molar-refractivity contribution in [2.45, 2.75) is 19.9 Å². The van der Waals surface area contributed by atoms with Gasteiger partial charge in [-0.1, -0.05) is 12.1 Å². The molecule has 1 fully saturated rings. The predicted octanol–water partition coefficient (Wildman–Crippen LogP) is 3.49. The maximum atomic E-state index is 14.0. The second-order valence-electron chi connectivity index (χ2n) is 7.72. The van der Waals surface area contributed by atoms with Crippen LogP contribution in [0.5, 0.6) is 17.2 Å². The van der Waals surface area contributed by atoms with E-state index in [1.165, 1.54) is 7.11 Å². The Balaban J connectivity index is 0.00000385. The van der Waals surface area contributed by atoms with Crippen LogP contribution in [-0.2, 0) is 13.0 Å². The highest BCUT2D eigenvalue weighted by molar-refractivity contribution is 14.0. The monoisotopic (exact) mass is 572 g/mol. The Morgan fingerprint density at radius 3 is 2.36 bits per heavy atom. The highest BCUT2D eigenvalue weighted by atomic mass is 127. The average molecular weight is 572 g/mol. The summed E-state index contributed by atoms with van der Waals surface area (Å²) in [6, 6.07) is 10.5. The summed E-state index contributed by atoms with van der Waals surface area (Å²) in [5, 5.41) is 13.1. The third kappa shape index (κ3) is 7.63. The van der Waals surface area contributed by atoms with E-state index in [-0.39, 0.29) is 41.3 Å². The summed E-state index contributed by atoms with van der Waals surface area (Å²) in [4.78, 5) is 9.39. The first-order chi connectivity index (χ1) is 15.5. The van der Waals surface area contributed by atoms with Gasteiger partial charge in [-0.3, -0.25) is 9.89 Å². The molecule has 1 aliphatic heterocycles. The normalized spacial score (nSPS) is 14.5. The fourth-order valence-electron chi connectivity index (χ4n) is 3.78. The van der Waals surface area contributed by atoms with Crippen LogP contribution in [0.1, 0.15) is 18.1 Å². The molecule has 2 N–H and O–H groups in total. The number of hydrogen-bond acceptors (Lipinski definition) is 5. The molecule has 1 saturated heterocycles. The molecule has 3 rings (SSSR count). The second kappa shape index (κ2) is 13.4. The van der Waals surface area contributed by atoms with Gasteiger partial charge in [-0.25, -0.2) is 4.39 Å². The van der Waals surface area contributed by atoms with Gasteiger partial charge >= 0.3 is 0 Å². The topological polar surface area (TPSA) is 69.6 Å².